The van der Waals surface area contributed by atoms with Gasteiger partial charge in [-0.25, -0.2) is 0 Å². The summed E-state index contributed by atoms with van der Waals surface area (Å²) in [7, 11) is 0. The van der Waals surface area contributed by atoms with Gasteiger partial charge in [0.2, 0.25) is 0 Å². The molecule has 2 unspecified atom stereocenters. The second-order valence-corrected chi connectivity index (χ2v) is 5.75. The Hall–Kier alpha value is -1.45. The smallest absolute Gasteiger partial charge is 0.0797 e. The molecule has 0 amide bonds. The van der Waals surface area contributed by atoms with E-state index in [0.717, 1.165) is 18.7 Å². The fourth-order valence-electron chi connectivity index (χ4n) is 3.04. The van der Waals surface area contributed by atoms with Gasteiger partial charge in [0.25, 0.3) is 0 Å². The Labute approximate surface area is 126 Å². The molecular formula is C18H24N2O. The van der Waals surface area contributed by atoms with Crippen molar-refractivity contribution in [3.05, 3.63) is 42.1 Å². The molecule has 2 atom stereocenters. The van der Waals surface area contributed by atoms with E-state index in [2.05, 4.69) is 48.4 Å². The number of aromatic nitrogens is 1. The van der Waals surface area contributed by atoms with E-state index in [1.54, 1.807) is 0 Å². The minimum atomic E-state index is 0.258. The van der Waals surface area contributed by atoms with Crippen molar-refractivity contribution >= 4 is 10.9 Å². The minimum Gasteiger partial charge on any atom is -0.376 e. The molecule has 21 heavy (non-hydrogen) atoms. The van der Waals surface area contributed by atoms with Crippen molar-refractivity contribution in [1.82, 2.24) is 10.3 Å². The molecule has 1 fully saturated rings. The number of fused-ring (bicyclic) bond motifs is 1. The third-order valence-corrected chi connectivity index (χ3v) is 4.19. The zero-order chi connectivity index (χ0) is 14.7. The maximum atomic E-state index is 6.06. The third-order valence-electron chi connectivity index (χ3n) is 4.19. The quantitative estimate of drug-likeness (QED) is 0.842. The lowest BCUT2D eigenvalue weighted by Gasteiger charge is -2.28. The number of benzene rings is 1. The molecule has 3 heteroatoms. The Balaban J connectivity index is 1.93. The van der Waals surface area contributed by atoms with E-state index in [1.807, 2.05) is 12.3 Å². The fraction of sp³-hybridized carbons (Fsp3) is 0.500. The Kier molecular flexibility index (Phi) is 4.51. The highest BCUT2D eigenvalue weighted by molar-refractivity contribution is 5.79. The van der Waals surface area contributed by atoms with Crippen LogP contribution in [0.1, 0.15) is 38.3 Å². The second kappa shape index (κ2) is 6.54. The number of nitrogens with one attached hydrogen (secondary N) is 1. The Morgan fingerprint density at radius 2 is 2.14 bits per heavy atom. The number of pyridine rings is 1. The molecule has 0 bridgehead atoms. The molecule has 3 rings (SSSR count). The van der Waals surface area contributed by atoms with E-state index < -0.39 is 0 Å². The van der Waals surface area contributed by atoms with Crippen molar-refractivity contribution in [2.75, 3.05) is 13.2 Å². The van der Waals surface area contributed by atoms with Crippen LogP contribution < -0.4 is 5.32 Å². The Morgan fingerprint density at radius 3 is 2.86 bits per heavy atom. The first-order chi connectivity index (χ1) is 10.3. The molecule has 0 radical (unpaired) electrons. The van der Waals surface area contributed by atoms with Gasteiger partial charge < -0.3 is 10.1 Å². The molecule has 112 valence electrons. The molecule has 1 aromatic carbocycles. The monoisotopic (exact) mass is 284 g/mol. The van der Waals surface area contributed by atoms with Crippen molar-refractivity contribution in [2.24, 2.45) is 5.92 Å². The van der Waals surface area contributed by atoms with Gasteiger partial charge in [0.05, 0.1) is 17.7 Å². The maximum Gasteiger partial charge on any atom is 0.0797 e. The second-order valence-electron chi connectivity index (χ2n) is 5.75. The highest BCUT2D eigenvalue weighted by atomic mass is 16.5. The van der Waals surface area contributed by atoms with Crippen LogP contribution in [0.25, 0.3) is 10.9 Å². The van der Waals surface area contributed by atoms with E-state index in [4.69, 9.17) is 4.74 Å². The summed E-state index contributed by atoms with van der Waals surface area (Å²) in [6, 6.07) is 10.9. The van der Waals surface area contributed by atoms with Crippen molar-refractivity contribution < 1.29 is 4.74 Å². The first-order valence-corrected chi connectivity index (χ1v) is 8.03. The molecule has 0 spiro atoms. The van der Waals surface area contributed by atoms with Crippen LogP contribution in [0.3, 0.4) is 0 Å². The predicted octanol–water partition coefficient (Wildman–Crippen LogP) is 3.70. The van der Waals surface area contributed by atoms with E-state index in [-0.39, 0.29) is 12.1 Å². The average molecular weight is 284 g/mol. The summed E-state index contributed by atoms with van der Waals surface area (Å²) in [5, 5.41) is 4.81. The molecule has 1 saturated carbocycles. The predicted molar refractivity (Wildman–Crippen MR) is 86.3 cm³/mol. The standard InChI is InChI=1S/C18H24N2O/c1-3-19-17(18(21-4-2)14-8-9-14)15-10-7-13-6-5-11-20-16(13)12-15/h5-7,10-12,14,17-19H,3-4,8-9H2,1-2H3. The summed E-state index contributed by atoms with van der Waals surface area (Å²) in [6.45, 7) is 5.96. The number of hydrogen-bond acceptors (Lipinski definition) is 3. The van der Waals surface area contributed by atoms with E-state index in [1.165, 1.54) is 23.8 Å². The number of rotatable bonds is 7. The topological polar surface area (TPSA) is 34.2 Å². The number of ether oxygens (including phenoxy) is 1. The first kappa shape index (κ1) is 14.5. The van der Waals surface area contributed by atoms with Crippen LogP contribution in [0.15, 0.2) is 36.5 Å². The van der Waals surface area contributed by atoms with Gasteiger partial charge in [-0.2, -0.15) is 0 Å². The summed E-state index contributed by atoms with van der Waals surface area (Å²) >= 11 is 0. The van der Waals surface area contributed by atoms with Gasteiger partial charge in [-0.15, -0.1) is 0 Å². The Bertz CT molecular complexity index is 595. The van der Waals surface area contributed by atoms with Crippen LogP contribution in [-0.2, 0) is 4.74 Å². The number of hydrogen-bond donors (Lipinski definition) is 1. The van der Waals surface area contributed by atoms with Crippen molar-refractivity contribution in [3.63, 3.8) is 0 Å². The fourth-order valence-corrected chi connectivity index (χ4v) is 3.04. The molecule has 1 aliphatic rings. The zero-order valence-electron chi connectivity index (χ0n) is 12.9. The van der Waals surface area contributed by atoms with E-state index >= 15 is 0 Å². The molecular weight excluding hydrogens is 260 g/mol. The molecule has 2 aromatic rings. The molecule has 1 aliphatic carbocycles. The molecule has 0 saturated heterocycles. The summed E-state index contributed by atoms with van der Waals surface area (Å²) in [6.07, 6.45) is 4.71. The highest BCUT2D eigenvalue weighted by Crippen LogP contribution is 2.40. The lowest BCUT2D eigenvalue weighted by Crippen LogP contribution is -2.35. The van der Waals surface area contributed by atoms with Crippen molar-refractivity contribution in [3.8, 4) is 0 Å². The average Bonchev–Trinajstić information content (AvgIpc) is 3.35. The van der Waals surface area contributed by atoms with Gasteiger partial charge in [-0.3, -0.25) is 4.98 Å². The van der Waals surface area contributed by atoms with Gasteiger partial charge in [-0.05, 0) is 49.9 Å². The molecule has 0 aliphatic heterocycles. The maximum absolute atomic E-state index is 6.06. The molecule has 1 N–H and O–H groups in total. The molecule has 1 heterocycles. The van der Waals surface area contributed by atoms with Crippen molar-refractivity contribution in [2.45, 2.75) is 38.8 Å². The zero-order valence-corrected chi connectivity index (χ0v) is 12.9. The lowest BCUT2D eigenvalue weighted by atomic mass is 9.96. The van der Waals surface area contributed by atoms with Crippen LogP contribution in [0.5, 0.6) is 0 Å². The van der Waals surface area contributed by atoms with Crippen molar-refractivity contribution in [1.29, 1.82) is 0 Å². The van der Waals surface area contributed by atoms with Crippen LogP contribution >= 0.6 is 0 Å². The van der Waals surface area contributed by atoms with Crippen LogP contribution in [0.4, 0.5) is 0 Å². The summed E-state index contributed by atoms with van der Waals surface area (Å²) < 4.78 is 6.06. The normalized spacial score (nSPS) is 17.8. The summed E-state index contributed by atoms with van der Waals surface area (Å²) in [4.78, 5) is 4.48. The van der Waals surface area contributed by atoms with Gasteiger partial charge in [0.15, 0.2) is 0 Å². The minimum absolute atomic E-state index is 0.258. The van der Waals surface area contributed by atoms with Gasteiger partial charge in [0.1, 0.15) is 0 Å². The Morgan fingerprint density at radius 1 is 1.29 bits per heavy atom. The number of nitrogens with zero attached hydrogens (tertiary/aromatic N) is 1. The van der Waals surface area contributed by atoms with E-state index in [9.17, 15) is 0 Å². The van der Waals surface area contributed by atoms with E-state index in [0.29, 0.717) is 5.92 Å². The third kappa shape index (κ3) is 3.25. The van der Waals surface area contributed by atoms with Crippen LogP contribution in [0.2, 0.25) is 0 Å². The number of likely N-dealkylation sites (N-methyl/N-ethyl adjacent to an activating group) is 1. The first-order valence-electron chi connectivity index (χ1n) is 8.03. The largest absolute Gasteiger partial charge is 0.376 e. The highest BCUT2D eigenvalue weighted by Gasteiger charge is 2.37. The summed E-state index contributed by atoms with van der Waals surface area (Å²) in [5.41, 5.74) is 2.34. The summed E-state index contributed by atoms with van der Waals surface area (Å²) in [5.74, 6) is 0.702. The van der Waals surface area contributed by atoms with Crippen LogP contribution in [-0.4, -0.2) is 24.2 Å². The lowest BCUT2D eigenvalue weighted by molar-refractivity contribution is 0.0190. The van der Waals surface area contributed by atoms with Gasteiger partial charge in [-0.1, -0.05) is 25.1 Å². The molecule has 1 aromatic heterocycles. The molecule has 3 nitrogen and oxygen atoms in total. The van der Waals surface area contributed by atoms with Gasteiger partial charge in [0, 0.05) is 18.2 Å². The van der Waals surface area contributed by atoms with Gasteiger partial charge >= 0.3 is 0 Å². The van der Waals surface area contributed by atoms with Crippen LogP contribution in [0, 0.1) is 5.92 Å². The SMILES string of the molecule is CCNC(c1ccc2cccnc2c1)C(OCC)C1CC1.